The van der Waals surface area contributed by atoms with Gasteiger partial charge < -0.3 is 9.47 Å². The highest BCUT2D eigenvalue weighted by atomic mass is 79.9. The van der Waals surface area contributed by atoms with E-state index in [1.807, 2.05) is 13.8 Å². The average Bonchev–Trinajstić information content (AvgIpc) is 2.68. The number of hydrogen-bond acceptors (Lipinski definition) is 4. The zero-order chi connectivity index (χ0) is 15.8. The second-order valence-electron chi connectivity index (χ2n) is 5.50. The summed E-state index contributed by atoms with van der Waals surface area (Å²) in [6.45, 7) is 4.28. The Hall–Kier alpha value is -0.370. The van der Waals surface area contributed by atoms with Crippen molar-refractivity contribution >= 4 is 35.7 Å². The third-order valence-corrected chi connectivity index (χ3v) is 5.18. The monoisotopic (exact) mass is 400 g/mol. The minimum absolute atomic E-state index is 0.0635. The van der Waals surface area contributed by atoms with Gasteiger partial charge in [-0.1, -0.05) is 0 Å². The summed E-state index contributed by atoms with van der Waals surface area (Å²) in [7, 11) is 1.02. The fourth-order valence-electron chi connectivity index (χ4n) is 2.19. The smallest absolute Gasteiger partial charge is 0.264 e. The van der Waals surface area contributed by atoms with Gasteiger partial charge in [-0.2, -0.15) is 0 Å². The van der Waals surface area contributed by atoms with Crippen molar-refractivity contribution in [3.05, 3.63) is 22.4 Å². The molecule has 118 valence electrons. The predicted molar refractivity (Wildman–Crippen MR) is 80.8 cm³/mol. The standard InChI is InChI=1S/C13H15BrClFO4S/c1-13(2)4-3-8(20-13)7-19-11-6-10(16)12(5-9(11)14)21(15,17)18/h5-6,8H,3-4,7H2,1-2H3. The molecule has 0 N–H and O–H groups in total. The summed E-state index contributed by atoms with van der Waals surface area (Å²) in [5.41, 5.74) is -0.174. The molecule has 0 spiro atoms. The molecule has 0 aliphatic carbocycles. The van der Waals surface area contributed by atoms with Gasteiger partial charge in [-0.05, 0) is 48.7 Å². The summed E-state index contributed by atoms with van der Waals surface area (Å²) < 4.78 is 47.8. The lowest BCUT2D eigenvalue weighted by molar-refractivity contribution is -0.0328. The van der Waals surface area contributed by atoms with Gasteiger partial charge in [-0.3, -0.25) is 0 Å². The van der Waals surface area contributed by atoms with Crippen LogP contribution >= 0.6 is 26.6 Å². The molecular weight excluding hydrogens is 387 g/mol. The predicted octanol–water partition coefficient (Wildman–Crippen LogP) is 3.85. The maximum Gasteiger partial charge on any atom is 0.264 e. The quantitative estimate of drug-likeness (QED) is 0.719. The van der Waals surface area contributed by atoms with E-state index in [-0.39, 0.29) is 24.1 Å². The molecule has 1 saturated heterocycles. The largest absolute Gasteiger partial charge is 0.490 e. The van der Waals surface area contributed by atoms with Gasteiger partial charge in [0.25, 0.3) is 9.05 Å². The lowest BCUT2D eigenvalue weighted by atomic mass is 10.1. The van der Waals surface area contributed by atoms with Crippen molar-refractivity contribution in [2.45, 2.75) is 43.3 Å². The van der Waals surface area contributed by atoms with E-state index in [1.54, 1.807) is 0 Å². The van der Waals surface area contributed by atoms with Crippen LogP contribution in [-0.2, 0) is 13.8 Å². The van der Waals surface area contributed by atoms with Crippen LogP contribution in [0.15, 0.2) is 21.5 Å². The summed E-state index contributed by atoms with van der Waals surface area (Å²) in [5.74, 6) is -0.735. The Bertz CT molecular complexity index is 648. The third-order valence-electron chi connectivity index (χ3n) is 3.23. The Balaban J connectivity index is 2.10. The first-order valence-electron chi connectivity index (χ1n) is 6.33. The topological polar surface area (TPSA) is 52.6 Å². The Labute approximate surface area is 136 Å². The van der Waals surface area contributed by atoms with E-state index in [0.717, 1.165) is 25.0 Å². The van der Waals surface area contributed by atoms with Crippen molar-refractivity contribution in [1.82, 2.24) is 0 Å². The van der Waals surface area contributed by atoms with Gasteiger partial charge in [-0.15, -0.1) is 0 Å². The van der Waals surface area contributed by atoms with E-state index >= 15 is 0 Å². The number of ether oxygens (including phenoxy) is 2. The molecule has 0 radical (unpaired) electrons. The van der Waals surface area contributed by atoms with E-state index in [2.05, 4.69) is 15.9 Å². The van der Waals surface area contributed by atoms with Crippen LogP contribution in [0.5, 0.6) is 5.75 Å². The summed E-state index contributed by atoms with van der Waals surface area (Å²) >= 11 is 3.15. The highest BCUT2D eigenvalue weighted by Crippen LogP contribution is 2.33. The molecule has 1 aromatic rings. The molecule has 0 saturated carbocycles. The Morgan fingerprint density at radius 2 is 2.19 bits per heavy atom. The summed E-state index contributed by atoms with van der Waals surface area (Å²) in [5, 5.41) is 0. The summed E-state index contributed by atoms with van der Waals surface area (Å²) in [6.07, 6.45) is 1.73. The van der Waals surface area contributed by atoms with Crippen molar-refractivity contribution in [3.63, 3.8) is 0 Å². The third kappa shape index (κ3) is 4.31. The molecule has 1 atom stereocenters. The SMILES string of the molecule is CC1(C)CCC(COc2cc(F)c(S(=O)(=O)Cl)cc2Br)O1. The highest BCUT2D eigenvalue weighted by molar-refractivity contribution is 9.10. The van der Waals surface area contributed by atoms with Crippen LogP contribution in [-0.4, -0.2) is 26.7 Å². The molecule has 1 aliphatic heterocycles. The van der Waals surface area contributed by atoms with Crippen molar-refractivity contribution < 1.29 is 22.3 Å². The number of hydrogen-bond donors (Lipinski definition) is 0. The molecule has 1 unspecified atom stereocenters. The van der Waals surface area contributed by atoms with Crippen molar-refractivity contribution in [1.29, 1.82) is 0 Å². The molecule has 1 aliphatic rings. The van der Waals surface area contributed by atoms with E-state index < -0.39 is 19.8 Å². The zero-order valence-electron chi connectivity index (χ0n) is 11.5. The molecule has 8 heteroatoms. The van der Waals surface area contributed by atoms with E-state index in [9.17, 15) is 12.8 Å². The van der Waals surface area contributed by atoms with Gasteiger partial charge in [0.2, 0.25) is 0 Å². The second kappa shape index (κ2) is 6.02. The lowest BCUT2D eigenvalue weighted by Gasteiger charge is -2.19. The molecule has 0 bridgehead atoms. The number of halogens is 3. The summed E-state index contributed by atoms with van der Waals surface area (Å²) in [4.78, 5) is -0.582. The van der Waals surface area contributed by atoms with Crippen LogP contribution in [0, 0.1) is 5.82 Å². The van der Waals surface area contributed by atoms with E-state index in [1.165, 1.54) is 0 Å². The first-order valence-corrected chi connectivity index (χ1v) is 9.43. The van der Waals surface area contributed by atoms with Gasteiger partial charge in [0, 0.05) is 16.7 Å². The normalized spacial score (nSPS) is 21.5. The molecule has 0 amide bonds. The molecule has 21 heavy (non-hydrogen) atoms. The number of rotatable bonds is 4. The van der Waals surface area contributed by atoms with Crippen molar-refractivity contribution in [3.8, 4) is 5.75 Å². The van der Waals surface area contributed by atoms with Gasteiger partial charge >= 0.3 is 0 Å². The van der Waals surface area contributed by atoms with E-state index in [0.29, 0.717) is 4.47 Å². The Morgan fingerprint density at radius 1 is 1.52 bits per heavy atom. The molecule has 1 heterocycles. The molecule has 1 fully saturated rings. The highest BCUT2D eigenvalue weighted by Gasteiger charge is 2.32. The van der Waals surface area contributed by atoms with Crippen LogP contribution in [0.4, 0.5) is 4.39 Å². The maximum absolute atomic E-state index is 13.8. The zero-order valence-corrected chi connectivity index (χ0v) is 14.7. The minimum Gasteiger partial charge on any atom is -0.490 e. The van der Waals surface area contributed by atoms with Crippen LogP contribution in [0.1, 0.15) is 26.7 Å². The molecule has 0 aromatic heterocycles. The molecule has 1 aromatic carbocycles. The second-order valence-corrected chi connectivity index (χ2v) is 8.89. The van der Waals surface area contributed by atoms with Crippen LogP contribution in [0.2, 0.25) is 0 Å². The summed E-state index contributed by atoms with van der Waals surface area (Å²) in [6, 6.07) is 2.09. The first kappa shape index (κ1) is 17.0. The molecule has 4 nitrogen and oxygen atoms in total. The fourth-order valence-corrected chi connectivity index (χ4v) is 3.70. The molecular formula is C13H15BrClFO4S. The van der Waals surface area contributed by atoms with Gasteiger partial charge in [-0.25, -0.2) is 12.8 Å². The minimum atomic E-state index is -4.13. The van der Waals surface area contributed by atoms with E-state index in [4.69, 9.17) is 20.2 Å². The lowest BCUT2D eigenvalue weighted by Crippen LogP contribution is -2.24. The van der Waals surface area contributed by atoms with Crippen LogP contribution in [0.25, 0.3) is 0 Å². The maximum atomic E-state index is 13.8. The first-order chi connectivity index (χ1) is 9.58. The van der Waals surface area contributed by atoms with Crippen LogP contribution < -0.4 is 4.74 Å². The van der Waals surface area contributed by atoms with Crippen molar-refractivity contribution in [2.75, 3.05) is 6.61 Å². The fraction of sp³-hybridized carbons (Fsp3) is 0.538. The Morgan fingerprint density at radius 3 is 2.71 bits per heavy atom. The van der Waals surface area contributed by atoms with Gasteiger partial charge in [0.15, 0.2) is 0 Å². The Kier molecular flexibility index (Phi) is 4.87. The molecule has 2 rings (SSSR count). The van der Waals surface area contributed by atoms with Gasteiger partial charge in [0.1, 0.15) is 23.1 Å². The van der Waals surface area contributed by atoms with Crippen molar-refractivity contribution in [2.24, 2.45) is 0 Å². The van der Waals surface area contributed by atoms with Gasteiger partial charge in [0.05, 0.1) is 16.2 Å². The van der Waals surface area contributed by atoms with Crippen LogP contribution in [0.3, 0.4) is 0 Å². The number of benzene rings is 1. The average molecular weight is 402 g/mol.